The monoisotopic (exact) mass is 425 g/mol. The molecule has 0 bridgehead atoms. The molecule has 0 N–H and O–H groups in total. The first-order valence-corrected chi connectivity index (χ1v) is 11.0. The van der Waals surface area contributed by atoms with Gasteiger partial charge in [0.25, 0.3) is 0 Å². The molecule has 5 heteroatoms. The lowest BCUT2D eigenvalue weighted by molar-refractivity contribution is 0.0954. The highest BCUT2D eigenvalue weighted by molar-refractivity contribution is 7.16. The molecule has 0 saturated heterocycles. The number of aryl methyl sites for hydroxylation is 1. The maximum absolute atomic E-state index is 9.63. The fourth-order valence-corrected chi connectivity index (χ4v) is 4.38. The topological polar surface area (TPSA) is 80.6 Å². The maximum atomic E-state index is 9.63. The smallest absolute Gasteiger partial charge is 0.172 e. The van der Waals surface area contributed by atoms with Crippen LogP contribution in [0.3, 0.4) is 0 Å². The molecule has 0 saturated carbocycles. The van der Waals surface area contributed by atoms with E-state index in [1.807, 2.05) is 44.2 Å². The molecular formula is C26H23N3OS. The standard InChI is InChI=1S/C26H23N3OS/c1-4-5-6-18-7-9-19(10-8-18)24-14-12-21(31-24)11-13-23-22(17-29)25(20(15-27)16-28)30-26(23,2)3/h7-14H,4-6H2,1-3H3. The Hall–Kier alpha value is -3.59. The quantitative estimate of drug-likeness (QED) is 0.482. The number of nitrogens with zero attached hydrogens (tertiary/aromatic N) is 3. The van der Waals surface area contributed by atoms with Crippen LogP contribution in [0.25, 0.3) is 16.5 Å². The highest BCUT2D eigenvalue weighted by Crippen LogP contribution is 2.40. The summed E-state index contributed by atoms with van der Waals surface area (Å²) in [5.41, 5.74) is 2.45. The third-order valence-corrected chi connectivity index (χ3v) is 6.26. The van der Waals surface area contributed by atoms with Gasteiger partial charge in [0.1, 0.15) is 29.4 Å². The summed E-state index contributed by atoms with van der Waals surface area (Å²) in [6, 6.07) is 18.6. The van der Waals surface area contributed by atoms with Crippen molar-refractivity contribution in [3.63, 3.8) is 0 Å². The molecule has 2 heterocycles. The van der Waals surface area contributed by atoms with E-state index in [0.29, 0.717) is 5.57 Å². The van der Waals surface area contributed by atoms with Gasteiger partial charge in [-0.25, -0.2) is 0 Å². The molecule has 0 fully saturated rings. The fraction of sp³-hybridized carbons (Fsp3) is 0.269. The molecule has 154 valence electrons. The number of allylic oxidation sites excluding steroid dienone is 2. The van der Waals surface area contributed by atoms with Gasteiger partial charge in [0.2, 0.25) is 0 Å². The van der Waals surface area contributed by atoms with E-state index < -0.39 is 5.60 Å². The highest BCUT2D eigenvalue weighted by atomic mass is 32.1. The van der Waals surface area contributed by atoms with Crippen molar-refractivity contribution in [1.29, 1.82) is 15.8 Å². The number of ether oxygens (including phenoxy) is 1. The molecule has 2 aromatic rings. The largest absolute Gasteiger partial charge is 0.480 e. The van der Waals surface area contributed by atoms with Crippen molar-refractivity contribution in [2.45, 2.75) is 45.6 Å². The van der Waals surface area contributed by atoms with Gasteiger partial charge in [-0.1, -0.05) is 43.7 Å². The van der Waals surface area contributed by atoms with Gasteiger partial charge in [-0.2, -0.15) is 15.8 Å². The average molecular weight is 426 g/mol. The van der Waals surface area contributed by atoms with Crippen LogP contribution >= 0.6 is 11.3 Å². The zero-order chi connectivity index (χ0) is 22.4. The van der Waals surface area contributed by atoms with Crippen molar-refractivity contribution >= 4 is 17.4 Å². The fourth-order valence-electron chi connectivity index (χ4n) is 3.46. The highest BCUT2D eigenvalue weighted by Gasteiger charge is 2.38. The molecule has 0 amide bonds. The lowest BCUT2D eigenvalue weighted by Crippen LogP contribution is -2.20. The minimum Gasteiger partial charge on any atom is -0.480 e. The molecule has 1 aromatic carbocycles. The molecule has 0 spiro atoms. The molecule has 0 atom stereocenters. The van der Waals surface area contributed by atoms with Crippen LogP contribution in [0.2, 0.25) is 0 Å². The zero-order valence-corrected chi connectivity index (χ0v) is 18.7. The summed E-state index contributed by atoms with van der Waals surface area (Å²) in [7, 11) is 0. The zero-order valence-electron chi connectivity index (χ0n) is 17.9. The first-order valence-electron chi connectivity index (χ1n) is 10.2. The van der Waals surface area contributed by atoms with Crippen LogP contribution in [0.15, 0.2) is 65.0 Å². The Kier molecular flexibility index (Phi) is 6.76. The van der Waals surface area contributed by atoms with Crippen LogP contribution in [-0.4, -0.2) is 5.60 Å². The van der Waals surface area contributed by atoms with E-state index in [0.717, 1.165) is 11.3 Å². The van der Waals surface area contributed by atoms with E-state index in [4.69, 9.17) is 4.74 Å². The van der Waals surface area contributed by atoms with Crippen molar-refractivity contribution in [1.82, 2.24) is 0 Å². The Morgan fingerprint density at radius 1 is 1.03 bits per heavy atom. The molecule has 1 aliphatic heterocycles. The van der Waals surface area contributed by atoms with Gasteiger partial charge in [0, 0.05) is 15.3 Å². The Bertz CT molecular complexity index is 1170. The molecule has 0 unspecified atom stereocenters. The Balaban J connectivity index is 1.87. The van der Waals surface area contributed by atoms with Gasteiger partial charge in [0.05, 0.1) is 0 Å². The Labute approximate surface area is 187 Å². The van der Waals surface area contributed by atoms with Crippen molar-refractivity contribution < 1.29 is 4.74 Å². The molecule has 1 aromatic heterocycles. The third kappa shape index (κ3) is 4.77. The molecule has 4 nitrogen and oxygen atoms in total. The summed E-state index contributed by atoms with van der Waals surface area (Å²) < 4.78 is 5.80. The summed E-state index contributed by atoms with van der Waals surface area (Å²) in [5, 5.41) is 28.0. The number of benzene rings is 1. The number of rotatable bonds is 6. The summed E-state index contributed by atoms with van der Waals surface area (Å²) in [4.78, 5) is 2.22. The van der Waals surface area contributed by atoms with E-state index in [-0.39, 0.29) is 16.9 Å². The Morgan fingerprint density at radius 2 is 1.74 bits per heavy atom. The van der Waals surface area contributed by atoms with Gasteiger partial charge in [-0.15, -0.1) is 11.3 Å². The van der Waals surface area contributed by atoms with E-state index >= 15 is 0 Å². The minimum absolute atomic E-state index is 0.0622. The Morgan fingerprint density at radius 3 is 2.35 bits per heavy atom. The minimum atomic E-state index is -0.801. The summed E-state index contributed by atoms with van der Waals surface area (Å²) in [6.07, 6.45) is 7.30. The summed E-state index contributed by atoms with van der Waals surface area (Å²) in [6.45, 7) is 5.85. The number of hydrogen-bond acceptors (Lipinski definition) is 5. The van der Waals surface area contributed by atoms with Gasteiger partial charge in [0.15, 0.2) is 11.3 Å². The predicted molar refractivity (Wildman–Crippen MR) is 123 cm³/mol. The van der Waals surface area contributed by atoms with Gasteiger partial charge < -0.3 is 4.74 Å². The second-order valence-corrected chi connectivity index (χ2v) is 8.89. The molecule has 3 rings (SSSR count). The van der Waals surface area contributed by atoms with Gasteiger partial charge in [-0.05, 0) is 56.0 Å². The van der Waals surface area contributed by atoms with Crippen molar-refractivity contribution in [3.8, 4) is 28.6 Å². The van der Waals surface area contributed by atoms with Crippen molar-refractivity contribution in [3.05, 3.63) is 75.4 Å². The lowest BCUT2D eigenvalue weighted by atomic mass is 9.94. The molecule has 31 heavy (non-hydrogen) atoms. The van der Waals surface area contributed by atoms with Crippen LogP contribution in [0.5, 0.6) is 0 Å². The van der Waals surface area contributed by atoms with Crippen LogP contribution in [-0.2, 0) is 11.2 Å². The van der Waals surface area contributed by atoms with Crippen LogP contribution in [0, 0.1) is 34.0 Å². The van der Waals surface area contributed by atoms with E-state index in [1.165, 1.54) is 28.8 Å². The second-order valence-electron chi connectivity index (χ2n) is 7.78. The first kappa shape index (κ1) is 22.1. The first-order chi connectivity index (χ1) is 14.9. The van der Waals surface area contributed by atoms with Crippen molar-refractivity contribution in [2.75, 3.05) is 0 Å². The van der Waals surface area contributed by atoms with E-state index in [2.05, 4.69) is 43.3 Å². The number of unbranched alkanes of at least 4 members (excludes halogenated alkanes) is 1. The summed E-state index contributed by atoms with van der Waals surface area (Å²) >= 11 is 1.67. The van der Waals surface area contributed by atoms with Gasteiger partial charge in [-0.3, -0.25) is 0 Å². The van der Waals surface area contributed by atoms with Crippen LogP contribution in [0.1, 0.15) is 44.1 Å². The molecule has 1 aliphatic rings. The third-order valence-electron chi connectivity index (χ3n) is 5.16. The number of thiophene rings is 1. The van der Waals surface area contributed by atoms with Crippen LogP contribution < -0.4 is 0 Å². The van der Waals surface area contributed by atoms with E-state index in [9.17, 15) is 15.8 Å². The SMILES string of the molecule is CCCCc1ccc(-c2ccc(C=CC3=C(C#N)C(=C(C#N)C#N)OC3(C)C)s2)cc1. The summed E-state index contributed by atoms with van der Waals surface area (Å²) in [5.74, 6) is 0.0622. The van der Waals surface area contributed by atoms with Gasteiger partial charge >= 0.3 is 0 Å². The second kappa shape index (κ2) is 9.48. The van der Waals surface area contributed by atoms with Crippen LogP contribution in [0.4, 0.5) is 0 Å². The molecular weight excluding hydrogens is 402 g/mol. The lowest BCUT2D eigenvalue weighted by Gasteiger charge is -2.20. The molecule has 0 radical (unpaired) electrons. The van der Waals surface area contributed by atoms with Crippen molar-refractivity contribution in [2.24, 2.45) is 0 Å². The predicted octanol–water partition coefficient (Wildman–Crippen LogP) is 6.70. The normalized spacial score (nSPS) is 14.8. The number of hydrogen-bond donors (Lipinski definition) is 0. The molecule has 0 aliphatic carbocycles. The van der Waals surface area contributed by atoms with E-state index in [1.54, 1.807) is 11.3 Å². The average Bonchev–Trinajstić information content (AvgIpc) is 3.33. The maximum Gasteiger partial charge on any atom is 0.172 e. The number of nitriles is 3.